The van der Waals surface area contributed by atoms with Crippen molar-refractivity contribution in [1.82, 2.24) is 14.9 Å². The molecule has 3 rings (SSSR count). The molecule has 0 unspecified atom stereocenters. The number of imidazole rings is 1. The molecular weight excluding hydrogens is 410 g/mol. The standard InChI is InChI=1S/C28H39N3O2/c1-21(2)24-16-15-22(3)20-27(24)33-19-11-10-18-31-26-13-8-7-12-25(26)30-28(31)14-6-5-9-17-29-23(4)32/h7-8,12-13,15-16,20-21H,5-6,9-11,14,17-19H2,1-4H3,(H,29,32). The highest BCUT2D eigenvalue weighted by Gasteiger charge is 2.11. The molecule has 1 amide bonds. The molecular formula is C28H39N3O2. The summed E-state index contributed by atoms with van der Waals surface area (Å²) in [5, 5.41) is 2.87. The van der Waals surface area contributed by atoms with Gasteiger partial charge in [0.25, 0.3) is 0 Å². The molecule has 0 bridgehead atoms. The van der Waals surface area contributed by atoms with Crippen LogP contribution in [0.5, 0.6) is 5.75 Å². The van der Waals surface area contributed by atoms with Crippen molar-refractivity contribution in [2.24, 2.45) is 0 Å². The van der Waals surface area contributed by atoms with Gasteiger partial charge in [-0.15, -0.1) is 0 Å². The average Bonchev–Trinajstić information content (AvgIpc) is 3.13. The number of aromatic nitrogens is 2. The molecule has 0 fully saturated rings. The lowest BCUT2D eigenvalue weighted by atomic mass is 10.0. The largest absolute Gasteiger partial charge is 0.493 e. The van der Waals surface area contributed by atoms with E-state index in [9.17, 15) is 4.79 Å². The van der Waals surface area contributed by atoms with E-state index in [2.05, 4.69) is 73.1 Å². The van der Waals surface area contributed by atoms with E-state index in [0.717, 1.165) is 75.3 Å². The summed E-state index contributed by atoms with van der Waals surface area (Å²) < 4.78 is 8.57. The Balaban J connectivity index is 1.53. The second-order valence-electron chi connectivity index (χ2n) is 9.21. The van der Waals surface area contributed by atoms with Gasteiger partial charge in [0, 0.05) is 26.4 Å². The van der Waals surface area contributed by atoms with E-state index in [1.54, 1.807) is 6.92 Å². The number of hydrogen-bond acceptors (Lipinski definition) is 3. The molecule has 178 valence electrons. The van der Waals surface area contributed by atoms with E-state index in [1.807, 2.05) is 0 Å². The first kappa shape index (κ1) is 24.8. The third-order valence-corrected chi connectivity index (χ3v) is 6.01. The lowest BCUT2D eigenvalue weighted by Gasteiger charge is -2.15. The number of para-hydroxylation sites is 2. The third kappa shape index (κ3) is 7.34. The number of hydrogen-bond donors (Lipinski definition) is 1. The van der Waals surface area contributed by atoms with Gasteiger partial charge in [0.15, 0.2) is 0 Å². The second-order valence-corrected chi connectivity index (χ2v) is 9.21. The van der Waals surface area contributed by atoms with Crippen molar-refractivity contribution in [2.45, 2.75) is 78.7 Å². The summed E-state index contributed by atoms with van der Waals surface area (Å²) in [6, 6.07) is 14.9. The number of carbonyl (C=O) groups excluding carboxylic acids is 1. The number of carbonyl (C=O) groups is 1. The molecule has 0 aliphatic carbocycles. The molecule has 0 spiro atoms. The van der Waals surface area contributed by atoms with Crippen molar-refractivity contribution in [3.63, 3.8) is 0 Å². The van der Waals surface area contributed by atoms with Crippen LogP contribution in [-0.2, 0) is 17.8 Å². The van der Waals surface area contributed by atoms with Crippen molar-refractivity contribution in [3.05, 3.63) is 59.4 Å². The number of nitrogens with zero attached hydrogens (tertiary/aromatic N) is 2. The monoisotopic (exact) mass is 449 g/mol. The molecule has 1 heterocycles. The topological polar surface area (TPSA) is 56.2 Å². The van der Waals surface area contributed by atoms with Gasteiger partial charge in [0.2, 0.25) is 5.91 Å². The van der Waals surface area contributed by atoms with E-state index in [4.69, 9.17) is 9.72 Å². The van der Waals surface area contributed by atoms with E-state index in [0.29, 0.717) is 5.92 Å². The third-order valence-electron chi connectivity index (χ3n) is 6.01. The summed E-state index contributed by atoms with van der Waals surface area (Å²) in [4.78, 5) is 15.9. The number of aryl methyl sites for hydroxylation is 3. The predicted octanol–water partition coefficient (Wildman–Crippen LogP) is 6.18. The Morgan fingerprint density at radius 3 is 2.67 bits per heavy atom. The highest BCUT2D eigenvalue weighted by atomic mass is 16.5. The first-order valence-electron chi connectivity index (χ1n) is 12.4. The highest BCUT2D eigenvalue weighted by Crippen LogP contribution is 2.27. The highest BCUT2D eigenvalue weighted by molar-refractivity contribution is 5.75. The van der Waals surface area contributed by atoms with Crippen LogP contribution in [0.3, 0.4) is 0 Å². The maximum Gasteiger partial charge on any atom is 0.216 e. The van der Waals surface area contributed by atoms with Crippen LogP contribution < -0.4 is 10.1 Å². The Labute approximate surface area is 198 Å². The van der Waals surface area contributed by atoms with E-state index < -0.39 is 0 Å². The van der Waals surface area contributed by atoms with Gasteiger partial charge in [0.1, 0.15) is 11.6 Å². The van der Waals surface area contributed by atoms with Crippen LogP contribution in [0, 0.1) is 6.92 Å². The zero-order valence-corrected chi connectivity index (χ0v) is 20.7. The van der Waals surface area contributed by atoms with E-state index >= 15 is 0 Å². The quantitative estimate of drug-likeness (QED) is 0.317. The molecule has 3 aromatic rings. The zero-order valence-electron chi connectivity index (χ0n) is 20.7. The van der Waals surface area contributed by atoms with E-state index in [-0.39, 0.29) is 5.91 Å². The predicted molar refractivity (Wildman–Crippen MR) is 136 cm³/mol. The Morgan fingerprint density at radius 1 is 1.06 bits per heavy atom. The maximum absolute atomic E-state index is 11.0. The summed E-state index contributed by atoms with van der Waals surface area (Å²) in [6.07, 6.45) is 6.21. The van der Waals surface area contributed by atoms with Gasteiger partial charge in [-0.25, -0.2) is 4.98 Å². The van der Waals surface area contributed by atoms with Gasteiger partial charge in [-0.2, -0.15) is 0 Å². The van der Waals surface area contributed by atoms with Gasteiger partial charge >= 0.3 is 0 Å². The molecule has 1 aromatic heterocycles. The van der Waals surface area contributed by atoms with Crippen LogP contribution in [0.4, 0.5) is 0 Å². The molecule has 33 heavy (non-hydrogen) atoms. The molecule has 0 radical (unpaired) electrons. The summed E-state index contributed by atoms with van der Waals surface area (Å²) >= 11 is 0. The molecule has 2 aromatic carbocycles. The fraction of sp³-hybridized carbons (Fsp3) is 0.500. The molecule has 0 atom stereocenters. The maximum atomic E-state index is 11.0. The SMILES string of the molecule is CC(=O)NCCCCCc1nc2ccccc2n1CCCCOc1cc(C)ccc1C(C)C. The second kappa shape index (κ2) is 12.4. The normalized spacial score (nSPS) is 11.3. The van der Waals surface area contributed by atoms with Gasteiger partial charge in [0.05, 0.1) is 17.6 Å². The molecule has 0 saturated heterocycles. The average molecular weight is 450 g/mol. The van der Waals surface area contributed by atoms with Crippen molar-refractivity contribution < 1.29 is 9.53 Å². The molecule has 0 saturated carbocycles. The minimum Gasteiger partial charge on any atom is -0.493 e. The fourth-order valence-electron chi connectivity index (χ4n) is 4.21. The van der Waals surface area contributed by atoms with Gasteiger partial charge in [-0.1, -0.05) is 44.5 Å². The summed E-state index contributed by atoms with van der Waals surface area (Å²) in [5.41, 5.74) is 4.80. The van der Waals surface area contributed by atoms with Crippen molar-refractivity contribution in [1.29, 1.82) is 0 Å². The van der Waals surface area contributed by atoms with Crippen LogP contribution in [0.15, 0.2) is 42.5 Å². The summed E-state index contributed by atoms with van der Waals surface area (Å²) in [6.45, 7) is 10.5. The number of rotatable bonds is 13. The van der Waals surface area contributed by atoms with Crippen molar-refractivity contribution in [3.8, 4) is 5.75 Å². The van der Waals surface area contributed by atoms with Gasteiger partial charge in [-0.05, 0) is 67.9 Å². The van der Waals surface area contributed by atoms with Crippen LogP contribution in [0.1, 0.15) is 75.7 Å². The van der Waals surface area contributed by atoms with Crippen LogP contribution in [0.25, 0.3) is 11.0 Å². The number of nitrogens with one attached hydrogen (secondary N) is 1. The van der Waals surface area contributed by atoms with Gasteiger partial charge < -0.3 is 14.6 Å². The smallest absolute Gasteiger partial charge is 0.216 e. The number of unbranched alkanes of at least 4 members (excludes halogenated alkanes) is 3. The number of amides is 1. The van der Waals surface area contributed by atoms with Gasteiger partial charge in [-0.3, -0.25) is 4.79 Å². The minimum absolute atomic E-state index is 0.0450. The molecule has 0 aliphatic heterocycles. The minimum atomic E-state index is 0.0450. The van der Waals surface area contributed by atoms with Crippen molar-refractivity contribution >= 4 is 16.9 Å². The number of fused-ring (bicyclic) bond motifs is 1. The Bertz CT molecular complexity index is 1040. The Kier molecular flexibility index (Phi) is 9.35. The summed E-state index contributed by atoms with van der Waals surface area (Å²) in [5.74, 6) is 2.69. The zero-order chi connectivity index (χ0) is 23.6. The van der Waals surface area contributed by atoms with Crippen molar-refractivity contribution in [2.75, 3.05) is 13.2 Å². The first-order valence-corrected chi connectivity index (χ1v) is 12.4. The first-order chi connectivity index (χ1) is 16.0. The number of benzene rings is 2. The molecule has 1 N–H and O–H groups in total. The number of ether oxygens (including phenoxy) is 1. The van der Waals surface area contributed by atoms with Crippen LogP contribution in [-0.4, -0.2) is 28.6 Å². The van der Waals surface area contributed by atoms with E-state index in [1.165, 1.54) is 16.6 Å². The van der Waals surface area contributed by atoms with Crippen LogP contribution in [0.2, 0.25) is 0 Å². The summed E-state index contributed by atoms with van der Waals surface area (Å²) in [7, 11) is 0. The Hall–Kier alpha value is -2.82. The molecule has 0 aliphatic rings. The lowest BCUT2D eigenvalue weighted by Crippen LogP contribution is -2.20. The Morgan fingerprint density at radius 2 is 1.88 bits per heavy atom. The molecule has 5 nitrogen and oxygen atoms in total. The molecule has 5 heteroatoms. The fourth-order valence-corrected chi connectivity index (χ4v) is 4.21. The lowest BCUT2D eigenvalue weighted by molar-refractivity contribution is -0.118. The van der Waals surface area contributed by atoms with Crippen LogP contribution >= 0.6 is 0 Å².